The van der Waals surface area contributed by atoms with E-state index in [1.165, 1.54) is 32.1 Å². The first-order chi connectivity index (χ1) is 10.7. The molecule has 3 nitrogen and oxygen atoms in total. The smallest absolute Gasteiger partial charge is 0.188 e. The molecule has 0 aromatic heterocycles. The molecule has 4 heteroatoms. The van der Waals surface area contributed by atoms with Gasteiger partial charge < -0.3 is 4.52 Å². The first-order valence-corrected chi connectivity index (χ1v) is 10.9. The summed E-state index contributed by atoms with van der Waals surface area (Å²) in [6, 6.07) is 2.00. The van der Waals surface area contributed by atoms with Crippen molar-refractivity contribution in [2.24, 2.45) is 0 Å². The van der Waals surface area contributed by atoms with E-state index in [0.717, 1.165) is 6.61 Å². The lowest BCUT2D eigenvalue weighted by molar-refractivity contribution is 0.184. The Bertz CT molecular complexity index is 247. The van der Waals surface area contributed by atoms with Crippen molar-refractivity contribution in [2.75, 3.05) is 6.61 Å². The minimum absolute atomic E-state index is 0.501. The summed E-state index contributed by atoms with van der Waals surface area (Å²) in [6.45, 7) is 21.5. The summed E-state index contributed by atoms with van der Waals surface area (Å²) in [6.07, 6.45) is 6.48. The van der Waals surface area contributed by atoms with Crippen molar-refractivity contribution in [2.45, 2.75) is 119 Å². The standard InChI is InChI=1S/C19H43N2OP/c1-10-11-12-13-14-15-22-23(20(16(2)3)17(4)5)21(18(6)7)19(8)9/h16-19H,10-15H2,1-9H3. The second kappa shape index (κ2) is 12.6. The average molecular weight is 347 g/mol. The van der Waals surface area contributed by atoms with Gasteiger partial charge in [-0.15, -0.1) is 0 Å². The van der Waals surface area contributed by atoms with E-state index in [2.05, 4.69) is 71.7 Å². The Morgan fingerprint density at radius 2 is 1.04 bits per heavy atom. The fraction of sp³-hybridized carbons (Fsp3) is 1.00. The normalized spacial score (nSPS) is 13.0. The first-order valence-electron chi connectivity index (χ1n) is 9.73. The van der Waals surface area contributed by atoms with Crippen LogP contribution >= 0.6 is 8.45 Å². The van der Waals surface area contributed by atoms with E-state index in [9.17, 15) is 0 Å². The van der Waals surface area contributed by atoms with Crippen molar-refractivity contribution in [3.8, 4) is 0 Å². The van der Waals surface area contributed by atoms with E-state index >= 15 is 0 Å². The van der Waals surface area contributed by atoms with Crippen molar-refractivity contribution in [1.82, 2.24) is 9.34 Å². The van der Waals surface area contributed by atoms with Crippen LogP contribution in [0.5, 0.6) is 0 Å². The summed E-state index contributed by atoms with van der Waals surface area (Å²) in [7, 11) is -0.703. The third-order valence-electron chi connectivity index (χ3n) is 3.97. The topological polar surface area (TPSA) is 15.7 Å². The zero-order chi connectivity index (χ0) is 18.0. The van der Waals surface area contributed by atoms with E-state index in [-0.39, 0.29) is 0 Å². The highest BCUT2D eigenvalue weighted by Gasteiger charge is 2.34. The van der Waals surface area contributed by atoms with Gasteiger partial charge >= 0.3 is 0 Å². The minimum Gasteiger partial charge on any atom is -0.331 e. The van der Waals surface area contributed by atoms with E-state index in [0.29, 0.717) is 24.2 Å². The van der Waals surface area contributed by atoms with Gasteiger partial charge in [0.15, 0.2) is 8.45 Å². The van der Waals surface area contributed by atoms with Gasteiger partial charge in [0.2, 0.25) is 0 Å². The number of nitrogens with zero attached hydrogens (tertiary/aromatic N) is 2. The fourth-order valence-electron chi connectivity index (χ4n) is 3.09. The monoisotopic (exact) mass is 346 g/mol. The number of rotatable bonds is 13. The molecule has 0 atom stereocenters. The molecule has 0 heterocycles. The minimum atomic E-state index is -0.703. The second-order valence-corrected chi connectivity index (χ2v) is 9.32. The summed E-state index contributed by atoms with van der Waals surface area (Å²) >= 11 is 0. The maximum Gasteiger partial charge on any atom is 0.188 e. The van der Waals surface area contributed by atoms with Crippen molar-refractivity contribution in [1.29, 1.82) is 0 Å². The molecule has 0 aromatic carbocycles. The summed E-state index contributed by atoms with van der Waals surface area (Å²) in [4.78, 5) is 0. The summed E-state index contributed by atoms with van der Waals surface area (Å²) in [5.74, 6) is 0. The van der Waals surface area contributed by atoms with Crippen molar-refractivity contribution < 1.29 is 4.52 Å². The molecule has 0 saturated heterocycles. The van der Waals surface area contributed by atoms with Crippen molar-refractivity contribution >= 4 is 8.45 Å². The maximum atomic E-state index is 6.51. The van der Waals surface area contributed by atoms with E-state index in [1.54, 1.807) is 0 Å². The molecule has 0 fully saturated rings. The van der Waals surface area contributed by atoms with Crippen molar-refractivity contribution in [3.63, 3.8) is 0 Å². The van der Waals surface area contributed by atoms with Crippen LogP contribution in [-0.4, -0.2) is 40.1 Å². The largest absolute Gasteiger partial charge is 0.331 e. The third-order valence-corrected chi connectivity index (χ3v) is 7.02. The summed E-state index contributed by atoms with van der Waals surface area (Å²) < 4.78 is 11.7. The zero-order valence-electron chi connectivity index (χ0n) is 17.3. The van der Waals surface area contributed by atoms with Crippen LogP contribution in [0, 0.1) is 0 Å². The predicted molar refractivity (Wildman–Crippen MR) is 106 cm³/mol. The quantitative estimate of drug-likeness (QED) is 0.282. The van der Waals surface area contributed by atoms with Gasteiger partial charge in [-0.2, -0.15) is 0 Å². The summed E-state index contributed by atoms with van der Waals surface area (Å²) in [5.41, 5.74) is 0. The van der Waals surface area contributed by atoms with Gasteiger partial charge in [0, 0.05) is 24.2 Å². The van der Waals surface area contributed by atoms with E-state index in [4.69, 9.17) is 4.52 Å². The molecule has 0 aliphatic rings. The molecule has 0 saturated carbocycles. The molecule has 0 aliphatic carbocycles. The van der Waals surface area contributed by atoms with Gasteiger partial charge in [-0.3, -0.25) is 0 Å². The van der Waals surface area contributed by atoms with Crippen LogP contribution in [0.4, 0.5) is 0 Å². The molecular formula is C19H43N2OP. The Hall–Kier alpha value is 0.310. The zero-order valence-corrected chi connectivity index (χ0v) is 18.2. The molecule has 0 rings (SSSR count). The lowest BCUT2D eigenvalue weighted by Crippen LogP contribution is -2.43. The van der Waals surface area contributed by atoms with Crippen molar-refractivity contribution in [3.05, 3.63) is 0 Å². The fourth-order valence-corrected chi connectivity index (χ4v) is 5.47. The highest BCUT2D eigenvalue weighted by Crippen LogP contribution is 2.50. The third kappa shape index (κ3) is 8.82. The molecule has 0 unspecified atom stereocenters. The highest BCUT2D eigenvalue weighted by atomic mass is 31.2. The van der Waals surface area contributed by atoms with E-state index < -0.39 is 8.45 Å². The number of hydrogen-bond donors (Lipinski definition) is 0. The maximum absolute atomic E-state index is 6.51. The molecule has 0 aliphatic heterocycles. The second-order valence-electron chi connectivity index (χ2n) is 7.64. The van der Waals surface area contributed by atoms with Crippen LogP contribution in [0.3, 0.4) is 0 Å². The molecule has 0 N–H and O–H groups in total. The molecule has 0 aromatic rings. The molecule has 23 heavy (non-hydrogen) atoms. The summed E-state index contributed by atoms with van der Waals surface area (Å²) in [5, 5.41) is 0. The highest BCUT2D eigenvalue weighted by molar-refractivity contribution is 7.47. The molecule has 0 radical (unpaired) electrons. The Kier molecular flexibility index (Phi) is 12.8. The number of unbranched alkanes of at least 4 members (excludes halogenated alkanes) is 4. The Morgan fingerprint density at radius 3 is 1.39 bits per heavy atom. The van der Waals surface area contributed by atoms with Gasteiger partial charge in [-0.25, -0.2) is 9.34 Å². The number of hydrogen-bond acceptors (Lipinski definition) is 3. The molecule has 0 bridgehead atoms. The van der Waals surface area contributed by atoms with Crippen LogP contribution in [-0.2, 0) is 4.52 Å². The molecule has 0 spiro atoms. The SMILES string of the molecule is CCCCCCCOP(N(C(C)C)C(C)C)N(C(C)C)C(C)C. The lowest BCUT2D eigenvalue weighted by Gasteiger charge is -2.45. The Balaban J connectivity index is 4.91. The van der Waals surface area contributed by atoms with Gasteiger partial charge in [-0.1, -0.05) is 32.6 Å². The van der Waals surface area contributed by atoms with E-state index in [1.807, 2.05) is 0 Å². The Labute approximate surface area is 148 Å². The molecule has 0 amide bonds. The van der Waals surface area contributed by atoms with Crippen LogP contribution < -0.4 is 0 Å². The van der Waals surface area contributed by atoms with Crippen LogP contribution in [0.15, 0.2) is 0 Å². The lowest BCUT2D eigenvalue weighted by atomic mass is 10.2. The van der Waals surface area contributed by atoms with Gasteiger partial charge in [0.1, 0.15) is 0 Å². The van der Waals surface area contributed by atoms with Gasteiger partial charge in [-0.05, 0) is 61.8 Å². The molecular weight excluding hydrogens is 303 g/mol. The van der Waals surface area contributed by atoms with Crippen LogP contribution in [0.25, 0.3) is 0 Å². The predicted octanol–water partition coefficient (Wildman–Crippen LogP) is 6.44. The first kappa shape index (κ1) is 23.3. The van der Waals surface area contributed by atoms with Crippen LogP contribution in [0.1, 0.15) is 94.4 Å². The Morgan fingerprint density at radius 1 is 0.652 bits per heavy atom. The molecule has 140 valence electrons. The van der Waals surface area contributed by atoms with Gasteiger partial charge in [0.05, 0.1) is 6.61 Å². The average Bonchev–Trinajstić information content (AvgIpc) is 2.40. The van der Waals surface area contributed by atoms with Gasteiger partial charge in [0.25, 0.3) is 0 Å². The van der Waals surface area contributed by atoms with Crippen LogP contribution in [0.2, 0.25) is 0 Å².